The maximum atomic E-state index is 12.2. The number of carbonyl (C=O) groups is 3. The first-order chi connectivity index (χ1) is 19.1. The smallest absolute Gasteiger partial charge is 0.290 e. The molecule has 2 aromatic heterocycles. The largest absolute Gasteiger partial charge is 0.483 e. The van der Waals surface area contributed by atoms with Gasteiger partial charge in [0.1, 0.15) is 0 Å². The highest BCUT2D eigenvalue weighted by molar-refractivity contribution is 7.19. The number of carbonyl (C=O) groups excluding carboxylic acids is 2. The van der Waals surface area contributed by atoms with Crippen LogP contribution in [0.25, 0.3) is 21.3 Å². The van der Waals surface area contributed by atoms with Gasteiger partial charge in [0, 0.05) is 70.9 Å². The lowest BCUT2D eigenvalue weighted by molar-refractivity contribution is -0.139. The molecule has 0 unspecified atom stereocenters. The lowest BCUT2D eigenvalue weighted by Crippen LogP contribution is -2.42. The Bertz CT molecular complexity index is 1440. The number of benzene rings is 1. The zero-order valence-corrected chi connectivity index (χ0v) is 24.1. The van der Waals surface area contributed by atoms with E-state index in [1.165, 1.54) is 16.2 Å². The first kappa shape index (κ1) is 28.5. The van der Waals surface area contributed by atoms with Crippen molar-refractivity contribution >= 4 is 57.1 Å². The molecule has 2 atom stereocenters. The summed E-state index contributed by atoms with van der Waals surface area (Å²) in [5.74, 6) is -0.213. The molecule has 3 N–H and O–H groups in total. The van der Waals surface area contributed by atoms with Crippen LogP contribution in [0.2, 0.25) is 5.02 Å². The molecule has 11 heteroatoms. The molecular formula is C29H33ClN4O5S. The number of fused-ring (bicyclic) bond motifs is 2. The van der Waals surface area contributed by atoms with Crippen molar-refractivity contribution < 1.29 is 24.6 Å². The molecule has 3 aliphatic rings. The number of thiophene rings is 1. The fraction of sp³-hybridized carbons (Fsp3) is 0.448. The van der Waals surface area contributed by atoms with Crippen LogP contribution in [0.15, 0.2) is 30.5 Å². The van der Waals surface area contributed by atoms with Gasteiger partial charge in [0.25, 0.3) is 6.47 Å². The second-order valence-corrected chi connectivity index (χ2v) is 12.6. The van der Waals surface area contributed by atoms with Crippen LogP contribution in [-0.4, -0.2) is 69.2 Å². The fourth-order valence-electron chi connectivity index (χ4n) is 6.03. The number of nitrogens with one attached hydrogen (secondary N) is 1. The highest BCUT2D eigenvalue weighted by atomic mass is 35.5. The number of nitrogens with zero attached hydrogens (tertiary/aromatic N) is 3. The van der Waals surface area contributed by atoms with Crippen molar-refractivity contribution in [3.8, 4) is 11.1 Å². The van der Waals surface area contributed by atoms with Crippen molar-refractivity contribution in [3.05, 3.63) is 45.9 Å². The molecule has 5 heterocycles. The second kappa shape index (κ2) is 11.4. The highest BCUT2D eigenvalue weighted by Crippen LogP contribution is 2.45. The van der Waals surface area contributed by atoms with E-state index in [9.17, 15) is 14.7 Å². The van der Waals surface area contributed by atoms with E-state index in [4.69, 9.17) is 21.5 Å². The second-order valence-electron chi connectivity index (χ2n) is 11.0. The van der Waals surface area contributed by atoms with Crippen LogP contribution in [0.4, 0.5) is 5.69 Å². The minimum atomic E-state index is -0.779. The molecule has 0 radical (unpaired) electrons. The Morgan fingerprint density at radius 3 is 2.58 bits per heavy atom. The minimum Gasteiger partial charge on any atom is -0.483 e. The van der Waals surface area contributed by atoms with Gasteiger partial charge in [-0.2, -0.15) is 0 Å². The van der Waals surface area contributed by atoms with Crippen LogP contribution >= 0.6 is 22.9 Å². The Balaban J connectivity index is 0.00000103. The van der Waals surface area contributed by atoms with Crippen molar-refractivity contribution in [3.63, 3.8) is 0 Å². The summed E-state index contributed by atoms with van der Waals surface area (Å²) in [6.07, 6.45) is 5.31. The van der Waals surface area contributed by atoms with Crippen molar-refractivity contribution in [1.82, 2.24) is 15.2 Å². The number of aliphatic hydroxyl groups is 1. The summed E-state index contributed by atoms with van der Waals surface area (Å²) in [6, 6.07) is 8.49. The Kier molecular flexibility index (Phi) is 8.15. The first-order valence-electron chi connectivity index (χ1n) is 13.4. The summed E-state index contributed by atoms with van der Waals surface area (Å²) in [7, 11) is 0. The molecule has 0 spiro atoms. The zero-order chi connectivity index (χ0) is 28.6. The average Bonchev–Trinajstić information content (AvgIpc) is 3.63. The number of carboxylic acid groups (broad SMARTS) is 1. The highest BCUT2D eigenvalue weighted by Gasteiger charge is 2.38. The minimum absolute atomic E-state index is 0.0436. The molecule has 0 aliphatic carbocycles. The molecule has 3 aliphatic heterocycles. The summed E-state index contributed by atoms with van der Waals surface area (Å²) < 4.78 is 1.03. The number of rotatable bonds is 5. The third-order valence-corrected chi connectivity index (χ3v) is 9.27. The molecule has 9 nitrogen and oxygen atoms in total. The third kappa shape index (κ3) is 5.58. The van der Waals surface area contributed by atoms with Crippen molar-refractivity contribution in [2.75, 3.05) is 18.0 Å². The SMILES string of the molecule is CC(C)(O)[C@H]1C[C@H](N2CCCc3cc(Cl)cc(-c4ccnc5cc(CN6C(=O)CCC6=O)sc45)c32)CN1.O=CO. The molecule has 2 amide bonds. The van der Waals surface area contributed by atoms with Gasteiger partial charge in [-0.1, -0.05) is 11.6 Å². The molecule has 6 rings (SSSR count). The van der Waals surface area contributed by atoms with E-state index in [1.807, 2.05) is 32.2 Å². The number of hydrogen-bond acceptors (Lipinski definition) is 8. The molecule has 0 saturated carbocycles. The Morgan fingerprint density at radius 2 is 1.90 bits per heavy atom. The van der Waals surface area contributed by atoms with Crippen molar-refractivity contribution in [1.29, 1.82) is 0 Å². The van der Waals surface area contributed by atoms with Crippen LogP contribution in [0.1, 0.15) is 50.0 Å². The predicted molar refractivity (Wildman–Crippen MR) is 156 cm³/mol. The standard InChI is InChI=1S/C28H31ClN4O3S.CH2O2/c1-28(2,36)23-12-18(14-31-23)32-9-3-4-16-10-17(29)11-21(26(16)32)20-7-8-30-22-13-19(37-27(20)22)15-33-24(34)5-6-25(33)35;2-1-3/h7-8,10-11,13,18,23,31,36H,3-6,9,12,14-15H2,1-2H3;1H,(H,2,3)/t18-,23+;/m0./s1. The summed E-state index contributed by atoms with van der Waals surface area (Å²) in [5, 5.41) is 21.7. The van der Waals surface area contributed by atoms with Gasteiger partial charge in [0.15, 0.2) is 0 Å². The third-order valence-electron chi connectivity index (χ3n) is 7.91. The van der Waals surface area contributed by atoms with E-state index in [0.717, 1.165) is 58.6 Å². The van der Waals surface area contributed by atoms with Crippen LogP contribution < -0.4 is 10.2 Å². The number of anilines is 1. The number of likely N-dealkylation sites (tertiary alicyclic amines) is 1. The van der Waals surface area contributed by atoms with Crippen LogP contribution in [-0.2, 0) is 27.3 Å². The summed E-state index contributed by atoms with van der Waals surface area (Å²) in [4.78, 5) is 42.2. The van der Waals surface area contributed by atoms with E-state index in [1.54, 1.807) is 11.3 Å². The topological polar surface area (TPSA) is 123 Å². The number of aryl methyl sites for hydroxylation is 1. The normalized spacial score (nSPS) is 21.0. The van der Waals surface area contributed by atoms with Crippen LogP contribution in [0, 0.1) is 0 Å². The number of imide groups is 1. The van der Waals surface area contributed by atoms with Gasteiger partial charge in [-0.15, -0.1) is 11.3 Å². The monoisotopic (exact) mass is 584 g/mol. The molecular weight excluding hydrogens is 552 g/mol. The molecule has 1 aromatic carbocycles. The number of aromatic nitrogens is 1. The Hall–Kier alpha value is -3.05. The maximum Gasteiger partial charge on any atom is 0.290 e. The van der Waals surface area contributed by atoms with E-state index >= 15 is 0 Å². The van der Waals surface area contributed by atoms with E-state index < -0.39 is 5.60 Å². The quantitative estimate of drug-likeness (QED) is 0.301. The Morgan fingerprint density at radius 1 is 1.18 bits per heavy atom. The number of halogens is 1. The number of pyridine rings is 1. The molecule has 2 saturated heterocycles. The van der Waals surface area contributed by atoms with Crippen molar-refractivity contribution in [2.24, 2.45) is 0 Å². The van der Waals surface area contributed by atoms with Gasteiger partial charge in [-0.05, 0) is 62.9 Å². The molecule has 0 bridgehead atoms. The van der Waals surface area contributed by atoms with E-state index in [2.05, 4.69) is 27.3 Å². The van der Waals surface area contributed by atoms with E-state index in [0.29, 0.717) is 24.4 Å². The number of amides is 2. The van der Waals surface area contributed by atoms with Gasteiger partial charge in [0.2, 0.25) is 11.8 Å². The molecule has 212 valence electrons. The van der Waals surface area contributed by atoms with Gasteiger partial charge in [-0.3, -0.25) is 24.3 Å². The van der Waals surface area contributed by atoms with Gasteiger partial charge in [-0.25, -0.2) is 0 Å². The summed E-state index contributed by atoms with van der Waals surface area (Å²) in [6.45, 7) is 5.56. The maximum absolute atomic E-state index is 12.2. The molecule has 3 aromatic rings. The molecule has 40 heavy (non-hydrogen) atoms. The number of hydrogen-bond donors (Lipinski definition) is 3. The summed E-state index contributed by atoms with van der Waals surface area (Å²) >= 11 is 8.25. The lowest BCUT2D eigenvalue weighted by atomic mass is 9.91. The molecule has 2 fully saturated rings. The average molecular weight is 585 g/mol. The van der Waals surface area contributed by atoms with Crippen LogP contribution in [0.5, 0.6) is 0 Å². The van der Waals surface area contributed by atoms with Gasteiger partial charge < -0.3 is 20.4 Å². The van der Waals surface area contributed by atoms with Gasteiger partial charge in [0.05, 0.1) is 22.4 Å². The Labute approximate surface area is 241 Å². The van der Waals surface area contributed by atoms with Crippen LogP contribution in [0.3, 0.4) is 0 Å². The fourth-order valence-corrected chi connectivity index (χ4v) is 7.40. The van der Waals surface area contributed by atoms with Gasteiger partial charge >= 0.3 is 0 Å². The predicted octanol–water partition coefficient (Wildman–Crippen LogP) is 4.22. The first-order valence-corrected chi connectivity index (χ1v) is 14.6. The van der Waals surface area contributed by atoms with Crippen molar-refractivity contribution in [2.45, 2.75) is 70.2 Å². The van der Waals surface area contributed by atoms with E-state index in [-0.39, 0.29) is 30.4 Å². The zero-order valence-electron chi connectivity index (χ0n) is 22.5. The summed E-state index contributed by atoms with van der Waals surface area (Å²) in [5.41, 5.74) is 4.69. The lowest BCUT2D eigenvalue weighted by Gasteiger charge is -2.38.